The number of nitro benzene ring substituents is 1. The Morgan fingerprint density at radius 1 is 1.13 bits per heavy atom. The molecule has 1 aliphatic carbocycles. The van der Waals surface area contributed by atoms with Gasteiger partial charge in [-0.05, 0) is 54.8 Å². The lowest BCUT2D eigenvalue weighted by atomic mass is 10.0. The van der Waals surface area contributed by atoms with Gasteiger partial charge in [0, 0.05) is 23.9 Å². The highest BCUT2D eigenvalue weighted by molar-refractivity contribution is 5.96. The van der Waals surface area contributed by atoms with Gasteiger partial charge in [-0.3, -0.25) is 19.9 Å². The standard InChI is InChI=1S/C22H19FN4O3/c23-16-5-3-4-14(12-16)21(19-6-1-2-11-24-19)26-18-10-7-15(13-20(18)27(29)30)22(28)25-17-8-9-17/h1-7,10-13,17,21,26H,8-9H2,(H,25,28). The molecule has 4 rings (SSSR count). The molecule has 152 valence electrons. The molecular formula is C22H19FN4O3. The second kappa shape index (κ2) is 8.28. The average molecular weight is 406 g/mol. The van der Waals surface area contributed by atoms with E-state index in [9.17, 15) is 19.3 Å². The number of rotatable bonds is 7. The summed E-state index contributed by atoms with van der Waals surface area (Å²) in [5.41, 5.74) is 1.34. The van der Waals surface area contributed by atoms with Crippen molar-refractivity contribution in [2.45, 2.75) is 24.9 Å². The minimum absolute atomic E-state index is 0.149. The van der Waals surface area contributed by atoms with Crippen LogP contribution < -0.4 is 10.6 Å². The number of anilines is 1. The van der Waals surface area contributed by atoms with Crippen molar-refractivity contribution in [3.63, 3.8) is 0 Å². The maximum atomic E-state index is 13.8. The first-order valence-electron chi connectivity index (χ1n) is 9.53. The summed E-state index contributed by atoms with van der Waals surface area (Å²) in [6.07, 6.45) is 3.45. The zero-order valence-electron chi connectivity index (χ0n) is 15.9. The summed E-state index contributed by atoms with van der Waals surface area (Å²) in [7, 11) is 0. The largest absolute Gasteiger partial charge is 0.367 e. The quantitative estimate of drug-likeness (QED) is 0.452. The molecule has 2 aromatic carbocycles. The van der Waals surface area contributed by atoms with Gasteiger partial charge in [0.15, 0.2) is 0 Å². The van der Waals surface area contributed by atoms with Crippen LogP contribution in [0.3, 0.4) is 0 Å². The van der Waals surface area contributed by atoms with Gasteiger partial charge in [-0.1, -0.05) is 18.2 Å². The SMILES string of the molecule is O=C(NC1CC1)c1ccc(NC(c2cccc(F)c2)c2ccccn2)c([N+](=O)[O-])c1. The fourth-order valence-corrected chi connectivity index (χ4v) is 3.16. The van der Waals surface area contributed by atoms with Gasteiger partial charge in [0.05, 0.1) is 16.7 Å². The molecule has 1 unspecified atom stereocenters. The molecule has 1 aromatic heterocycles. The molecule has 3 aromatic rings. The van der Waals surface area contributed by atoms with Crippen LogP contribution in [0.1, 0.15) is 40.5 Å². The Labute approximate surface area is 172 Å². The fourth-order valence-electron chi connectivity index (χ4n) is 3.16. The van der Waals surface area contributed by atoms with Crippen molar-refractivity contribution in [3.8, 4) is 0 Å². The maximum Gasteiger partial charge on any atom is 0.293 e. The predicted octanol–water partition coefficient (Wildman–Crippen LogP) is 4.22. The van der Waals surface area contributed by atoms with E-state index >= 15 is 0 Å². The first kappa shape index (κ1) is 19.5. The number of benzene rings is 2. The molecule has 0 bridgehead atoms. The molecule has 0 saturated heterocycles. The zero-order valence-corrected chi connectivity index (χ0v) is 15.9. The predicted molar refractivity (Wildman–Crippen MR) is 110 cm³/mol. The van der Waals surface area contributed by atoms with Crippen LogP contribution >= 0.6 is 0 Å². The van der Waals surface area contributed by atoms with E-state index in [-0.39, 0.29) is 28.9 Å². The van der Waals surface area contributed by atoms with Crippen molar-refractivity contribution in [2.24, 2.45) is 0 Å². The van der Waals surface area contributed by atoms with E-state index < -0.39 is 16.8 Å². The number of amides is 1. The molecule has 1 amide bonds. The van der Waals surface area contributed by atoms with E-state index in [1.165, 1.54) is 30.3 Å². The Morgan fingerprint density at radius 3 is 2.63 bits per heavy atom. The molecule has 1 heterocycles. The number of carbonyl (C=O) groups is 1. The highest BCUT2D eigenvalue weighted by Gasteiger charge is 2.26. The number of pyridine rings is 1. The lowest BCUT2D eigenvalue weighted by Crippen LogP contribution is -2.25. The van der Waals surface area contributed by atoms with Gasteiger partial charge in [-0.15, -0.1) is 0 Å². The molecule has 0 aliphatic heterocycles. The molecule has 1 fully saturated rings. The minimum Gasteiger partial charge on any atom is -0.367 e. The molecule has 1 aliphatic rings. The van der Waals surface area contributed by atoms with Crippen molar-refractivity contribution >= 4 is 17.3 Å². The summed E-state index contributed by atoms with van der Waals surface area (Å²) < 4.78 is 13.8. The van der Waals surface area contributed by atoms with Gasteiger partial charge >= 0.3 is 0 Å². The van der Waals surface area contributed by atoms with Crippen LogP contribution in [0.4, 0.5) is 15.8 Å². The molecule has 1 atom stereocenters. The van der Waals surface area contributed by atoms with Gasteiger partial charge in [0.25, 0.3) is 11.6 Å². The van der Waals surface area contributed by atoms with Crippen LogP contribution in [-0.2, 0) is 0 Å². The normalized spacial score (nSPS) is 14.0. The number of hydrogen-bond acceptors (Lipinski definition) is 5. The number of hydrogen-bond donors (Lipinski definition) is 2. The minimum atomic E-state index is -0.619. The van der Waals surface area contributed by atoms with Crippen LogP contribution in [0.5, 0.6) is 0 Å². The summed E-state index contributed by atoms with van der Waals surface area (Å²) in [4.78, 5) is 27.8. The first-order chi connectivity index (χ1) is 14.5. The third-order valence-electron chi connectivity index (χ3n) is 4.83. The second-order valence-electron chi connectivity index (χ2n) is 7.12. The Kier molecular flexibility index (Phi) is 5.38. The third-order valence-corrected chi connectivity index (χ3v) is 4.83. The van der Waals surface area contributed by atoms with E-state index in [0.717, 1.165) is 12.8 Å². The first-order valence-corrected chi connectivity index (χ1v) is 9.53. The highest BCUT2D eigenvalue weighted by atomic mass is 19.1. The average Bonchev–Trinajstić information content (AvgIpc) is 3.56. The van der Waals surface area contributed by atoms with Crippen LogP contribution in [-0.4, -0.2) is 21.9 Å². The van der Waals surface area contributed by atoms with Gasteiger partial charge in [-0.25, -0.2) is 4.39 Å². The smallest absolute Gasteiger partial charge is 0.293 e. The molecular weight excluding hydrogens is 387 g/mol. The molecule has 2 N–H and O–H groups in total. The van der Waals surface area contributed by atoms with E-state index in [1.54, 1.807) is 36.5 Å². The number of nitrogens with zero attached hydrogens (tertiary/aromatic N) is 2. The number of aromatic nitrogens is 1. The van der Waals surface area contributed by atoms with E-state index in [0.29, 0.717) is 11.3 Å². The van der Waals surface area contributed by atoms with Gasteiger partial charge in [-0.2, -0.15) is 0 Å². The summed E-state index contributed by atoms with van der Waals surface area (Å²) in [6.45, 7) is 0. The number of nitrogens with one attached hydrogen (secondary N) is 2. The van der Waals surface area contributed by atoms with Crippen LogP contribution in [0.2, 0.25) is 0 Å². The van der Waals surface area contributed by atoms with Crippen molar-refractivity contribution in [1.29, 1.82) is 0 Å². The van der Waals surface area contributed by atoms with Crippen LogP contribution in [0.25, 0.3) is 0 Å². The molecule has 1 saturated carbocycles. The van der Waals surface area contributed by atoms with E-state index in [2.05, 4.69) is 15.6 Å². The summed E-state index contributed by atoms with van der Waals surface area (Å²) in [5.74, 6) is -0.754. The van der Waals surface area contributed by atoms with Crippen molar-refractivity contribution in [3.05, 3.63) is 99.6 Å². The second-order valence-corrected chi connectivity index (χ2v) is 7.12. The Balaban J connectivity index is 1.69. The number of nitro groups is 1. The van der Waals surface area contributed by atoms with E-state index in [4.69, 9.17) is 0 Å². The van der Waals surface area contributed by atoms with Crippen LogP contribution in [0.15, 0.2) is 66.9 Å². The monoisotopic (exact) mass is 406 g/mol. The Morgan fingerprint density at radius 2 is 1.97 bits per heavy atom. The highest BCUT2D eigenvalue weighted by Crippen LogP contribution is 2.32. The molecule has 7 nitrogen and oxygen atoms in total. The van der Waals surface area contributed by atoms with Crippen molar-refractivity contribution < 1.29 is 14.1 Å². The van der Waals surface area contributed by atoms with E-state index in [1.807, 2.05) is 0 Å². The van der Waals surface area contributed by atoms with Gasteiger partial charge in [0.1, 0.15) is 11.5 Å². The Bertz CT molecular complexity index is 1090. The third kappa shape index (κ3) is 4.43. The topological polar surface area (TPSA) is 97.2 Å². The van der Waals surface area contributed by atoms with Gasteiger partial charge in [0.2, 0.25) is 0 Å². The maximum absolute atomic E-state index is 13.8. The lowest BCUT2D eigenvalue weighted by Gasteiger charge is -2.20. The number of halogens is 1. The zero-order chi connectivity index (χ0) is 21.1. The Hall–Kier alpha value is -3.81. The summed E-state index contributed by atoms with van der Waals surface area (Å²) in [5, 5.41) is 17.6. The van der Waals surface area contributed by atoms with Crippen molar-refractivity contribution in [1.82, 2.24) is 10.3 Å². The molecule has 8 heteroatoms. The lowest BCUT2D eigenvalue weighted by molar-refractivity contribution is -0.384. The molecule has 0 radical (unpaired) electrons. The molecule has 30 heavy (non-hydrogen) atoms. The number of carbonyl (C=O) groups excluding carboxylic acids is 1. The fraction of sp³-hybridized carbons (Fsp3) is 0.182. The molecule has 0 spiro atoms. The van der Waals surface area contributed by atoms with Crippen molar-refractivity contribution in [2.75, 3.05) is 5.32 Å². The van der Waals surface area contributed by atoms with Gasteiger partial charge < -0.3 is 10.6 Å². The van der Waals surface area contributed by atoms with Crippen LogP contribution in [0, 0.1) is 15.9 Å². The summed E-state index contributed by atoms with van der Waals surface area (Å²) >= 11 is 0. The summed E-state index contributed by atoms with van der Waals surface area (Å²) in [6, 6.07) is 15.1.